The lowest BCUT2D eigenvalue weighted by molar-refractivity contribution is -0.127. The predicted octanol–water partition coefficient (Wildman–Crippen LogP) is 2.12. The molecule has 2 nitrogen and oxygen atoms in total. The van der Waals surface area contributed by atoms with Gasteiger partial charge in [0.25, 0.3) is 0 Å². The van der Waals surface area contributed by atoms with Gasteiger partial charge in [-0.25, -0.2) is 0 Å². The van der Waals surface area contributed by atoms with Crippen LogP contribution in [0.15, 0.2) is 0 Å². The Hall–Kier alpha value is -0.240. The fourth-order valence-corrected chi connectivity index (χ4v) is 1.84. The van der Waals surface area contributed by atoms with Crippen LogP contribution >= 0.6 is 11.6 Å². The minimum Gasteiger partial charge on any atom is -0.342 e. The van der Waals surface area contributed by atoms with E-state index in [0.29, 0.717) is 23.6 Å². The SMILES string of the molecule is CC(C)C1CC(=O)N(CCCCl)C1. The van der Waals surface area contributed by atoms with Gasteiger partial charge in [0.2, 0.25) is 5.91 Å². The summed E-state index contributed by atoms with van der Waals surface area (Å²) < 4.78 is 0. The minimum atomic E-state index is 0.309. The van der Waals surface area contributed by atoms with Gasteiger partial charge in [-0.05, 0) is 18.3 Å². The van der Waals surface area contributed by atoms with Crippen LogP contribution in [0, 0.1) is 11.8 Å². The molecule has 0 spiro atoms. The number of halogens is 1. The first-order valence-corrected chi connectivity index (χ1v) is 5.52. The molecule has 1 unspecified atom stereocenters. The van der Waals surface area contributed by atoms with Crippen LogP contribution in [0.4, 0.5) is 0 Å². The Morgan fingerprint density at radius 2 is 2.31 bits per heavy atom. The van der Waals surface area contributed by atoms with Crippen molar-refractivity contribution in [2.24, 2.45) is 11.8 Å². The summed E-state index contributed by atoms with van der Waals surface area (Å²) in [6.07, 6.45) is 1.65. The number of carbonyl (C=O) groups is 1. The van der Waals surface area contributed by atoms with Gasteiger partial charge in [0, 0.05) is 25.4 Å². The van der Waals surface area contributed by atoms with Gasteiger partial charge < -0.3 is 4.90 Å². The molecule has 0 radical (unpaired) electrons. The third-order valence-electron chi connectivity index (χ3n) is 2.75. The Bertz CT molecular complexity index is 182. The Kier molecular flexibility index (Phi) is 4.04. The van der Waals surface area contributed by atoms with Crippen molar-refractivity contribution in [3.63, 3.8) is 0 Å². The zero-order chi connectivity index (χ0) is 9.84. The van der Waals surface area contributed by atoms with Crippen molar-refractivity contribution >= 4 is 17.5 Å². The van der Waals surface area contributed by atoms with Gasteiger partial charge in [0.15, 0.2) is 0 Å². The monoisotopic (exact) mass is 203 g/mol. The van der Waals surface area contributed by atoms with Crippen LogP contribution in [-0.4, -0.2) is 29.8 Å². The van der Waals surface area contributed by atoms with Crippen molar-refractivity contribution in [1.82, 2.24) is 4.90 Å². The van der Waals surface area contributed by atoms with E-state index in [9.17, 15) is 4.79 Å². The summed E-state index contributed by atoms with van der Waals surface area (Å²) in [5, 5.41) is 0. The maximum atomic E-state index is 11.5. The van der Waals surface area contributed by atoms with Crippen LogP contribution in [0.5, 0.6) is 0 Å². The highest BCUT2D eigenvalue weighted by Gasteiger charge is 2.30. The third-order valence-corrected chi connectivity index (χ3v) is 3.02. The quantitative estimate of drug-likeness (QED) is 0.641. The van der Waals surface area contributed by atoms with Crippen molar-refractivity contribution in [3.05, 3.63) is 0 Å². The second-order valence-electron chi connectivity index (χ2n) is 4.09. The number of hydrogen-bond acceptors (Lipinski definition) is 1. The molecule has 1 aliphatic heterocycles. The molecule has 3 heteroatoms. The largest absolute Gasteiger partial charge is 0.342 e. The standard InChI is InChI=1S/C10H18ClNO/c1-8(2)9-6-10(13)12(7-9)5-3-4-11/h8-9H,3-7H2,1-2H3. The van der Waals surface area contributed by atoms with Gasteiger partial charge in [-0.3, -0.25) is 4.79 Å². The molecular formula is C10H18ClNO. The first-order chi connectivity index (χ1) is 6.15. The molecule has 1 fully saturated rings. The van der Waals surface area contributed by atoms with E-state index >= 15 is 0 Å². The van der Waals surface area contributed by atoms with E-state index in [-0.39, 0.29) is 0 Å². The number of alkyl halides is 1. The summed E-state index contributed by atoms with van der Waals surface area (Å²) in [5.41, 5.74) is 0. The Balaban J connectivity index is 2.37. The number of carbonyl (C=O) groups excluding carboxylic acids is 1. The fraction of sp³-hybridized carbons (Fsp3) is 0.900. The van der Waals surface area contributed by atoms with Gasteiger partial charge in [-0.1, -0.05) is 13.8 Å². The number of amides is 1. The van der Waals surface area contributed by atoms with Crippen molar-refractivity contribution in [1.29, 1.82) is 0 Å². The molecule has 1 saturated heterocycles. The molecule has 0 saturated carbocycles. The molecule has 1 aliphatic rings. The van der Waals surface area contributed by atoms with Crippen LogP contribution in [0.25, 0.3) is 0 Å². The smallest absolute Gasteiger partial charge is 0.222 e. The summed E-state index contributed by atoms with van der Waals surface area (Å²) in [5.74, 6) is 2.13. The normalized spacial score (nSPS) is 23.2. The van der Waals surface area contributed by atoms with Crippen LogP contribution in [0.2, 0.25) is 0 Å². The van der Waals surface area contributed by atoms with E-state index in [1.165, 1.54) is 0 Å². The number of rotatable bonds is 4. The number of nitrogens with zero attached hydrogens (tertiary/aromatic N) is 1. The lowest BCUT2D eigenvalue weighted by Gasteiger charge is -2.17. The summed E-state index contributed by atoms with van der Waals surface area (Å²) in [6.45, 7) is 6.14. The molecule has 76 valence electrons. The van der Waals surface area contributed by atoms with Crippen molar-refractivity contribution in [2.75, 3.05) is 19.0 Å². The van der Waals surface area contributed by atoms with Crippen LogP contribution in [0.3, 0.4) is 0 Å². The van der Waals surface area contributed by atoms with Crippen molar-refractivity contribution in [3.8, 4) is 0 Å². The highest BCUT2D eigenvalue weighted by Crippen LogP contribution is 2.24. The number of likely N-dealkylation sites (tertiary alicyclic amines) is 1. The van der Waals surface area contributed by atoms with Crippen LogP contribution in [0.1, 0.15) is 26.7 Å². The topological polar surface area (TPSA) is 20.3 Å². The summed E-state index contributed by atoms with van der Waals surface area (Å²) in [6, 6.07) is 0. The zero-order valence-electron chi connectivity index (χ0n) is 8.42. The van der Waals surface area contributed by atoms with Gasteiger partial charge in [0.05, 0.1) is 0 Å². The van der Waals surface area contributed by atoms with Gasteiger partial charge in [-0.15, -0.1) is 11.6 Å². The molecule has 0 bridgehead atoms. The maximum Gasteiger partial charge on any atom is 0.222 e. The number of hydrogen-bond donors (Lipinski definition) is 0. The molecule has 13 heavy (non-hydrogen) atoms. The van der Waals surface area contributed by atoms with E-state index in [0.717, 1.165) is 25.9 Å². The summed E-state index contributed by atoms with van der Waals surface area (Å²) in [7, 11) is 0. The van der Waals surface area contributed by atoms with E-state index in [1.807, 2.05) is 4.90 Å². The van der Waals surface area contributed by atoms with E-state index in [1.54, 1.807) is 0 Å². The highest BCUT2D eigenvalue weighted by molar-refractivity contribution is 6.17. The Labute approximate surface area is 85.2 Å². The Morgan fingerprint density at radius 3 is 2.77 bits per heavy atom. The molecule has 0 N–H and O–H groups in total. The highest BCUT2D eigenvalue weighted by atomic mass is 35.5. The molecule has 1 amide bonds. The molecule has 0 aromatic rings. The van der Waals surface area contributed by atoms with Gasteiger partial charge in [-0.2, -0.15) is 0 Å². The van der Waals surface area contributed by atoms with Gasteiger partial charge >= 0.3 is 0 Å². The van der Waals surface area contributed by atoms with E-state index in [2.05, 4.69) is 13.8 Å². The molecule has 0 aliphatic carbocycles. The van der Waals surface area contributed by atoms with Crippen LogP contribution in [-0.2, 0) is 4.79 Å². The first kappa shape index (κ1) is 10.8. The zero-order valence-corrected chi connectivity index (χ0v) is 9.18. The molecule has 1 rings (SSSR count). The average molecular weight is 204 g/mol. The van der Waals surface area contributed by atoms with E-state index < -0.39 is 0 Å². The Morgan fingerprint density at radius 1 is 1.62 bits per heavy atom. The summed E-state index contributed by atoms with van der Waals surface area (Å²) >= 11 is 5.59. The molecule has 1 atom stereocenters. The van der Waals surface area contributed by atoms with Crippen LogP contribution < -0.4 is 0 Å². The molecule has 0 aromatic carbocycles. The minimum absolute atomic E-state index is 0.309. The summed E-state index contributed by atoms with van der Waals surface area (Å²) in [4.78, 5) is 13.4. The second kappa shape index (κ2) is 4.85. The average Bonchev–Trinajstić information content (AvgIpc) is 2.44. The molecule has 1 heterocycles. The second-order valence-corrected chi connectivity index (χ2v) is 4.47. The lowest BCUT2D eigenvalue weighted by Crippen LogP contribution is -2.27. The third kappa shape index (κ3) is 2.87. The van der Waals surface area contributed by atoms with Crippen molar-refractivity contribution in [2.45, 2.75) is 26.7 Å². The fourth-order valence-electron chi connectivity index (χ4n) is 1.72. The molecule has 0 aromatic heterocycles. The predicted molar refractivity (Wildman–Crippen MR) is 54.9 cm³/mol. The lowest BCUT2D eigenvalue weighted by atomic mass is 9.95. The first-order valence-electron chi connectivity index (χ1n) is 4.99. The van der Waals surface area contributed by atoms with Crippen molar-refractivity contribution < 1.29 is 4.79 Å². The molecular weight excluding hydrogens is 186 g/mol. The maximum absolute atomic E-state index is 11.5. The van der Waals surface area contributed by atoms with E-state index in [4.69, 9.17) is 11.6 Å². The van der Waals surface area contributed by atoms with Gasteiger partial charge in [0.1, 0.15) is 0 Å².